The van der Waals surface area contributed by atoms with Gasteiger partial charge in [-0.25, -0.2) is 4.79 Å². The zero-order chi connectivity index (χ0) is 21.1. The van der Waals surface area contributed by atoms with Crippen LogP contribution >= 0.6 is 0 Å². The second kappa shape index (κ2) is 8.18. The van der Waals surface area contributed by atoms with E-state index in [1.807, 2.05) is 0 Å². The van der Waals surface area contributed by atoms with E-state index in [1.165, 1.54) is 12.1 Å². The molecule has 0 atom stereocenters. The molecule has 0 N–H and O–H groups in total. The van der Waals surface area contributed by atoms with Crippen LogP contribution in [0.4, 0.5) is 0 Å². The lowest BCUT2D eigenvalue weighted by molar-refractivity contribution is -0.305. The molecular formula is C22H18O7-2. The van der Waals surface area contributed by atoms with E-state index >= 15 is 0 Å². The van der Waals surface area contributed by atoms with Gasteiger partial charge in [0.25, 0.3) is 0 Å². The van der Waals surface area contributed by atoms with Crippen molar-refractivity contribution in [3.8, 4) is 5.75 Å². The first-order valence-electron chi connectivity index (χ1n) is 8.96. The molecule has 29 heavy (non-hydrogen) atoms. The Hall–Kier alpha value is -3.61. The number of rotatable bonds is 7. The molecule has 0 bridgehead atoms. The summed E-state index contributed by atoms with van der Waals surface area (Å²) in [6.45, 7) is 3.72. The van der Waals surface area contributed by atoms with Crippen LogP contribution in [-0.2, 0) is 17.8 Å². The van der Waals surface area contributed by atoms with E-state index in [-0.39, 0.29) is 25.0 Å². The summed E-state index contributed by atoms with van der Waals surface area (Å²) >= 11 is 0. The van der Waals surface area contributed by atoms with E-state index < -0.39 is 17.6 Å². The maximum atomic E-state index is 12.3. The Kier molecular flexibility index (Phi) is 5.68. The molecule has 1 aromatic heterocycles. The number of carboxylic acids is 2. The van der Waals surface area contributed by atoms with Crippen molar-refractivity contribution in [1.29, 1.82) is 0 Å². The van der Waals surface area contributed by atoms with E-state index in [0.717, 1.165) is 5.56 Å². The van der Waals surface area contributed by atoms with Crippen molar-refractivity contribution in [1.82, 2.24) is 0 Å². The van der Waals surface area contributed by atoms with Crippen LogP contribution in [0.3, 0.4) is 0 Å². The maximum absolute atomic E-state index is 12.3. The van der Waals surface area contributed by atoms with Crippen molar-refractivity contribution in [3.63, 3.8) is 0 Å². The van der Waals surface area contributed by atoms with Gasteiger partial charge in [-0.15, -0.1) is 0 Å². The molecule has 7 nitrogen and oxygen atoms in total. The minimum absolute atomic E-state index is 0.0472. The number of hydrogen-bond donors (Lipinski definition) is 0. The molecule has 0 aliphatic heterocycles. The third kappa shape index (κ3) is 4.29. The van der Waals surface area contributed by atoms with Crippen molar-refractivity contribution in [2.24, 2.45) is 0 Å². The minimum Gasteiger partial charge on any atom is -0.550 e. The molecule has 3 aromatic rings. The van der Waals surface area contributed by atoms with Gasteiger partial charge in [-0.05, 0) is 55.5 Å². The largest absolute Gasteiger partial charge is 0.550 e. The molecule has 0 radical (unpaired) electrons. The van der Waals surface area contributed by atoms with Gasteiger partial charge in [0.2, 0.25) is 0 Å². The standard InChI is InChI=1S/C22H20O7/c1-12-16-7-9-18(28-11-14-3-5-15(6-4-14)21(25)26)13(2)20(16)29-22(27)17(12)8-10-19(23)24/h3-7,9H,8,10-11H2,1-2H3,(H,23,24)(H,25,26)/p-2. The van der Waals surface area contributed by atoms with Gasteiger partial charge in [-0.1, -0.05) is 24.3 Å². The number of carbonyl (C=O) groups is 2. The average molecular weight is 394 g/mol. The van der Waals surface area contributed by atoms with Crippen LogP contribution in [-0.4, -0.2) is 11.9 Å². The van der Waals surface area contributed by atoms with Gasteiger partial charge in [0.15, 0.2) is 0 Å². The summed E-state index contributed by atoms with van der Waals surface area (Å²) in [5, 5.41) is 22.2. The highest BCUT2D eigenvalue weighted by molar-refractivity contribution is 5.86. The van der Waals surface area contributed by atoms with Crippen LogP contribution < -0.4 is 20.6 Å². The monoisotopic (exact) mass is 394 g/mol. The third-order valence-corrected chi connectivity index (χ3v) is 4.82. The Morgan fingerprint density at radius 3 is 2.31 bits per heavy atom. The summed E-state index contributed by atoms with van der Waals surface area (Å²) in [7, 11) is 0. The average Bonchev–Trinajstić information content (AvgIpc) is 2.68. The van der Waals surface area contributed by atoms with E-state index in [1.54, 1.807) is 38.1 Å². The fraction of sp³-hybridized carbons (Fsp3) is 0.227. The number of aryl methyl sites for hydroxylation is 2. The number of carboxylic acid groups (broad SMARTS) is 2. The quantitative estimate of drug-likeness (QED) is 0.549. The maximum Gasteiger partial charge on any atom is 0.339 e. The number of fused-ring (bicyclic) bond motifs is 1. The van der Waals surface area contributed by atoms with Crippen LogP contribution in [0.25, 0.3) is 11.0 Å². The molecule has 0 saturated carbocycles. The third-order valence-electron chi connectivity index (χ3n) is 4.82. The lowest BCUT2D eigenvalue weighted by atomic mass is 10.0. The molecule has 0 amide bonds. The van der Waals surface area contributed by atoms with Gasteiger partial charge >= 0.3 is 5.63 Å². The number of hydrogen-bond acceptors (Lipinski definition) is 7. The fourth-order valence-electron chi connectivity index (χ4n) is 3.14. The number of benzene rings is 2. The van der Waals surface area contributed by atoms with Gasteiger partial charge in [0.1, 0.15) is 17.9 Å². The zero-order valence-electron chi connectivity index (χ0n) is 15.9. The van der Waals surface area contributed by atoms with Gasteiger partial charge in [0, 0.05) is 22.5 Å². The summed E-state index contributed by atoms with van der Waals surface area (Å²) < 4.78 is 11.3. The molecular weight excluding hydrogens is 376 g/mol. The Morgan fingerprint density at radius 1 is 1.00 bits per heavy atom. The molecule has 2 aromatic carbocycles. The Balaban J connectivity index is 1.87. The predicted octanol–water partition coefficient (Wildman–Crippen LogP) is 1.03. The van der Waals surface area contributed by atoms with Gasteiger partial charge in [-0.2, -0.15) is 0 Å². The van der Waals surface area contributed by atoms with Crippen molar-refractivity contribution in [2.45, 2.75) is 33.3 Å². The van der Waals surface area contributed by atoms with Gasteiger partial charge in [-0.3, -0.25) is 0 Å². The normalized spacial score (nSPS) is 10.8. The highest BCUT2D eigenvalue weighted by atomic mass is 16.5. The molecule has 1 heterocycles. The lowest BCUT2D eigenvalue weighted by Crippen LogP contribution is -2.24. The van der Waals surface area contributed by atoms with Gasteiger partial charge < -0.3 is 29.0 Å². The fourth-order valence-corrected chi connectivity index (χ4v) is 3.14. The van der Waals surface area contributed by atoms with Crippen molar-refractivity contribution >= 4 is 22.9 Å². The summed E-state index contributed by atoms with van der Waals surface area (Å²) in [6, 6.07) is 9.67. The first-order chi connectivity index (χ1) is 13.8. The number of aliphatic carboxylic acids is 1. The summed E-state index contributed by atoms with van der Waals surface area (Å²) in [6.07, 6.45) is -0.209. The lowest BCUT2D eigenvalue weighted by Gasteiger charge is -2.14. The SMILES string of the molecule is Cc1c(CCC(=O)[O-])c(=O)oc2c(C)c(OCc3ccc(C(=O)[O-])cc3)ccc12. The van der Waals surface area contributed by atoms with Crippen LogP contribution in [0.1, 0.15) is 39.0 Å². The van der Waals surface area contributed by atoms with Crippen molar-refractivity contribution < 1.29 is 29.0 Å². The zero-order valence-corrected chi connectivity index (χ0v) is 15.9. The number of ether oxygens (including phenoxy) is 1. The van der Waals surface area contributed by atoms with Crippen LogP contribution in [0, 0.1) is 13.8 Å². The molecule has 0 spiro atoms. The molecule has 0 saturated heterocycles. The molecule has 150 valence electrons. The summed E-state index contributed by atoms with van der Waals surface area (Å²) in [4.78, 5) is 33.8. The number of carbonyl (C=O) groups excluding carboxylic acids is 2. The summed E-state index contributed by atoms with van der Waals surface area (Å²) in [5.74, 6) is -1.95. The predicted molar refractivity (Wildman–Crippen MR) is 100 cm³/mol. The molecule has 0 fully saturated rings. The Labute approximate surface area is 166 Å². The molecule has 0 aliphatic rings. The topological polar surface area (TPSA) is 120 Å². The molecule has 0 aliphatic carbocycles. The Bertz CT molecular complexity index is 1140. The number of aromatic carboxylic acids is 1. The molecule has 7 heteroatoms. The highest BCUT2D eigenvalue weighted by Crippen LogP contribution is 2.30. The minimum atomic E-state index is -1.24. The first-order valence-corrected chi connectivity index (χ1v) is 8.96. The van der Waals surface area contributed by atoms with E-state index in [0.29, 0.717) is 33.4 Å². The van der Waals surface area contributed by atoms with Crippen LogP contribution in [0.5, 0.6) is 5.75 Å². The van der Waals surface area contributed by atoms with Crippen LogP contribution in [0.15, 0.2) is 45.6 Å². The van der Waals surface area contributed by atoms with Crippen molar-refractivity contribution in [2.75, 3.05) is 0 Å². The second-order valence-corrected chi connectivity index (χ2v) is 6.70. The van der Waals surface area contributed by atoms with Crippen LogP contribution in [0.2, 0.25) is 0 Å². The molecule has 0 unspecified atom stereocenters. The van der Waals surface area contributed by atoms with Gasteiger partial charge in [0.05, 0.1) is 5.97 Å². The molecule has 3 rings (SSSR count). The van der Waals surface area contributed by atoms with E-state index in [4.69, 9.17) is 9.15 Å². The summed E-state index contributed by atoms with van der Waals surface area (Å²) in [5.41, 5.74) is 2.30. The van der Waals surface area contributed by atoms with Crippen molar-refractivity contribution in [3.05, 3.63) is 74.6 Å². The van der Waals surface area contributed by atoms with E-state index in [9.17, 15) is 24.6 Å². The smallest absolute Gasteiger partial charge is 0.339 e. The highest BCUT2D eigenvalue weighted by Gasteiger charge is 2.15. The Morgan fingerprint density at radius 2 is 1.69 bits per heavy atom. The first kappa shape index (κ1) is 20.1. The van der Waals surface area contributed by atoms with E-state index in [2.05, 4.69) is 0 Å². The second-order valence-electron chi connectivity index (χ2n) is 6.70.